The van der Waals surface area contributed by atoms with Gasteiger partial charge >= 0.3 is 0 Å². The Morgan fingerprint density at radius 2 is 1.40 bits per heavy atom. The second-order valence-electron chi connectivity index (χ2n) is 10.5. The first kappa shape index (κ1) is 32.3. The van der Waals surface area contributed by atoms with Crippen LogP contribution < -0.4 is 27.0 Å². The minimum absolute atomic E-state index is 0.0459. The summed E-state index contributed by atoms with van der Waals surface area (Å²) in [5.74, 6) is -1.98. The number of halogens is 1. The number of nitrogens with one attached hydrogen (secondary N) is 4. The molecule has 0 bridgehead atoms. The summed E-state index contributed by atoms with van der Waals surface area (Å²) in [5, 5.41) is 11.1. The molecule has 3 rings (SSSR count). The fourth-order valence-corrected chi connectivity index (χ4v) is 4.79. The van der Waals surface area contributed by atoms with Gasteiger partial charge in [0.05, 0.1) is 6.42 Å². The van der Waals surface area contributed by atoms with Gasteiger partial charge in [0.15, 0.2) is 0 Å². The number of amides is 4. The van der Waals surface area contributed by atoms with E-state index < -0.39 is 29.9 Å². The molecule has 0 saturated heterocycles. The highest BCUT2D eigenvalue weighted by Gasteiger charge is 2.30. The van der Waals surface area contributed by atoms with E-state index in [1.165, 1.54) is 0 Å². The zero-order chi connectivity index (χ0) is 30.6. The van der Waals surface area contributed by atoms with E-state index in [2.05, 4.69) is 37.2 Å². The minimum Gasteiger partial charge on any atom is -0.399 e. The molecular weight excluding hydrogens is 598 g/mol. The normalized spacial score (nSPS) is 13.0. The standard InChI is InChI=1S/C32H38BrN5O4/c1-20(2)29(32(42)36-21(3)30(40)35-19-24-12-7-13-25(33)15-24)38-31(41)27(17-22-9-5-4-6-10-22)37-28(39)18-23-11-8-14-26(34)16-23/h4-16,20-21,27,29H,17-19,34H2,1-3H3,(H,35,40)(H,36,42)(H,37,39)(H,38,41)/t21-,27-,29-/m0/s1. The van der Waals surface area contributed by atoms with Crippen LogP contribution in [0, 0.1) is 5.92 Å². The predicted molar refractivity (Wildman–Crippen MR) is 167 cm³/mol. The number of nitrogens with two attached hydrogens (primary N) is 1. The lowest BCUT2D eigenvalue weighted by molar-refractivity contribution is -0.134. The predicted octanol–water partition coefficient (Wildman–Crippen LogP) is 3.26. The Balaban J connectivity index is 1.65. The van der Waals surface area contributed by atoms with Crippen molar-refractivity contribution in [2.24, 2.45) is 5.92 Å². The van der Waals surface area contributed by atoms with Crippen LogP contribution in [0.4, 0.5) is 5.69 Å². The third-order valence-corrected chi connectivity index (χ3v) is 7.10. The third kappa shape index (κ3) is 10.3. The third-order valence-electron chi connectivity index (χ3n) is 6.60. The molecule has 3 aromatic carbocycles. The fourth-order valence-electron chi connectivity index (χ4n) is 4.34. The van der Waals surface area contributed by atoms with E-state index in [0.717, 1.165) is 21.2 Å². The van der Waals surface area contributed by atoms with Crippen LogP contribution in [0.15, 0.2) is 83.3 Å². The van der Waals surface area contributed by atoms with E-state index in [-0.39, 0.29) is 30.6 Å². The molecule has 0 spiro atoms. The maximum atomic E-state index is 13.5. The van der Waals surface area contributed by atoms with Crippen LogP contribution in [0.3, 0.4) is 0 Å². The molecule has 0 aliphatic heterocycles. The van der Waals surface area contributed by atoms with Crippen LogP contribution in [-0.4, -0.2) is 41.8 Å². The summed E-state index contributed by atoms with van der Waals surface area (Å²) in [6, 6.07) is 21.2. The number of nitrogen functional groups attached to an aromatic ring is 1. The Bertz CT molecular complexity index is 1380. The molecule has 0 fully saturated rings. The van der Waals surface area contributed by atoms with Crippen LogP contribution in [0.5, 0.6) is 0 Å². The number of anilines is 1. The summed E-state index contributed by atoms with van der Waals surface area (Å²) in [5.41, 5.74) is 8.86. The number of hydrogen-bond acceptors (Lipinski definition) is 5. The molecular formula is C32H38BrN5O4. The zero-order valence-corrected chi connectivity index (χ0v) is 25.6. The van der Waals surface area contributed by atoms with Gasteiger partial charge in [-0.2, -0.15) is 0 Å². The summed E-state index contributed by atoms with van der Waals surface area (Å²) >= 11 is 3.41. The van der Waals surface area contributed by atoms with Gasteiger partial charge in [-0.3, -0.25) is 19.2 Å². The van der Waals surface area contributed by atoms with Gasteiger partial charge in [0, 0.05) is 23.1 Å². The summed E-state index contributed by atoms with van der Waals surface area (Å²) in [6.07, 6.45) is 0.278. The molecule has 3 atom stereocenters. The summed E-state index contributed by atoms with van der Waals surface area (Å²) in [6.45, 7) is 5.49. The van der Waals surface area contributed by atoms with Crippen LogP contribution in [0.25, 0.3) is 0 Å². The average Bonchev–Trinajstić information content (AvgIpc) is 2.94. The lowest BCUT2D eigenvalue weighted by Crippen LogP contribution is -2.58. The first-order valence-corrected chi connectivity index (χ1v) is 14.6. The molecule has 0 heterocycles. The molecule has 9 nitrogen and oxygen atoms in total. The smallest absolute Gasteiger partial charge is 0.243 e. The molecule has 0 aliphatic carbocycles. The van der Waals surface area contributed by atoms with E-state index in [9.17, 15) is 19.2 Å². The van der Waals surface area contributed by atoms with Gasteiger partial charge in [-0.1, -0.05) is 84.4 Å². The Kier molecular flexibility index (Phi) is 12.1. The maximum Gasteiger partial charge on any atom is 0.243 e. The summed E-state index contributed by atoms with van der Waals surface area (Å²) in [4.78, 5) is 52.3. The van der Waals surface area contributed by atoms with Gasteiger partial charge in [-0.25, -0.2) is 0 Å². The number of hydrogen-bond donors (Lipinski definition) is 5. The Morgan fingerprint density at radius 3 is 2.07 bits per heavy atom. The number of rotatable bonds is 13. The average molecular weight is 637 g/mol. The quantitative estimate of drug-likeness (QED) is 0.183. The first-order valence-electron chi connectivity index (χ1n) is 13.8. The van der Waals surface area contributed by atoms with Crippen molar-refractivity contribution >= 4 is 45.2 Å². The molecule has 3 aromatic rings. The van der Waals surface area contributed by atoms with Gasteiger partial charge in [-0.15, -0.1) is 0 Å². The van der Waals surface area contributed by atoms with E-state index in [1.807, 2.05) is 54.6 Å². The fraction of sp³-hybridized carbons (Fsp3) is 0.312. The van der Waals surface area contributed by atoms with Crippen molar-refractivity contribution in [2.45, 2.75) is 58.3 Å². The lowest BCUT2D eigenvalue weighted by Gasteiger charge is -2.26. The summed E-state index contributed by atoms with van der Waals surface area (Å²) in [7, 11) is 0. The second kappa shape index (κ2) is 15.7. The molecule has 222 valence electrons. The number of benzene rings is 3. The number of carbonyl (C=O) groups is 4. The monoisotopic (exact) mass is 635 g/mol. The molecule has 6 N–H and O–H groups in total. The second-order valence-corrected chi connectivity index (χ2v) is 11.5. The van der Waals surface area contributed by atoms with E-state index in [0.29, 0.717) is 12.2 Å². The SMILES string of the molecule is CC(C)[C@H](NC(=O)[C@H](Cc1ccccc1)NC(=O)Cc1cccc(N)c1)C(=O)N[C@@H](C)C(=O)NCc1cccc(Br)c1. The van der Waals surface area contributed by atoms with Gasteiger partial charge in [0.25, 0.3) is 0 Å². The van der Waals surface area contributed by atoms with Gasteiger partial charge < -0.3 is 27.0 Å². The molecule has 0 aromatic heterocycles. The van der Waals surface area contributed by atoms with Crippen LogP contribution in [0.1, 0.15) is 37.5 Å². The van der Waals surface area contributed by atoms with Crippen molar-refractivity contribution in [3.63, 3.8) is 0 Å². The Morgan fingerprint density at radius 1 is 0.738 bits per heavy atom. The van der Waals surface area contributed by atoms with Crippen LogP contribution >= 0.6 is 15.9 Å². The van der Waals surface area contributed by atoms with Gasteiger partial charge in [0.2, 0.25) is 23.6 Å². The topological polar surface area (TPSA) is 142 Å². The maximum absolute atomic E-state index is 13.5. The molecule has 10 heteroatoms. The lowest BCUT2D eigenvalue weighted by atomic mass is 10.0. The Hall–Kier alpha value is -4.18. The largest absolute Gasteiger partial charge is 0.399 e. The van der Waals surface area contributed by atoms with Crippen molar-refractivity contribution in [1.29, 1.82) is 0 Å². The van der Waals surface area contributed by atoms with Crippen molar-refractivity contribution in [3.05, 3.63) is 100 Å². The highest BCUT2D eigenvalue weighted by atomic mass is 79.9. The zero-order valence-electron chi connectivity index (χ0n) is 24.0. The highest BCUT2D eigenvalue weighted by molar-refractivity contribution is 9.10. The summed E-state index contributed by atoms with van der Waals surface area (Å²) < 4.78 is 0.901. The van der Waals surface area contributed by atoms with Gasteiger partial charge in [0.1, 0.15) is 18.1 Å². The van der Waals surface area contributed by atoms with Gasteiger partial charge in [-0.05, 0) is 53.8 Å². The highest BCUT2D eigenvalue weighted by Crippen LogP contribution is 2.12. The molecule has 0 aliphatic rings. The molecule has 42 heavy (non-hydrogen) atoms. The van der Waals surface area contributed by atoms with E-state index >= 15 is 0 Å². The molecule has 4 amide bonds. The van der Waals surface area contributed by atoms with Crippen molar-refractivity contribution < 1.29 is 19.2 Å². The first-order chi connectivity index (χ1) is 20.0. The minimum atomic E-state index is -0.930. The Labute approximate surface area is 255 Å². The molecule has 0 radical (unpaired) electrons. The van der Waals surface area contributed by atoms with E-state index in [1.54, 1.807) is 45.0 Å². The molecule has 0 unspecified atom stereocenters. The van der Waals surface area contributed by atoms with Crippen molar-refractivity contribution in [1.82, 2.24) is 21.3 Å². The van der Waals surface area contributed by atoms with E-state index in [4.69, 9.17) is 5.73 Å². The molecule has 0 saturated carbocycles. The number of carbonyl (C=O) groups excluding carboxylic acids is 4. The van der Waals surface area contributed by atoms with Crippen LogP contribution in [0.2, 0.25) is 0 Å². The van der Waals surface area contributed by atoms with Crippen molar-refractivity contribution in [2.75, 3.05) is 5.73 Å². The van der Waals surface area contributed by atoms with Crippen molar-refractivity contribution in [3.8, 4) is 0 Å². The van der Waals surface area contributed by atoms with Crippen LogP contribution in [-0.2, 0) is 38.6 Å².